The van der Waals surface area contributed by atoms with Gasteiger partial charge in [-0.2, -0.15) is 4.31 Å². The van der Waals surface area contributed by atoms with Crippen molar-refractivity contribution in [3.05, 3.63) is 24.0 Å². The van der Waals surface area contributed by atoms with E-state index < -0.39 is 10.0 Å². The first-order valence-corrected chi connectivity index (χ1v) is 13.6. The Morgan fingerprint density at radius 2 is 1.94 bits per heavy atom. The average Bonchev–Trinajstić information content (AvgIpc) is 3.59. The van der Waals surface area contributed by atoms with Gasteiger partial charge in [0.05, 0.1) is 15.9 Å². The van der Waals surface area contributed by atoms with Gasteiger partial charge in [-0.15, -0.1) is 0 Å². The molecule has 0 spiro atoms. The fourth-order valence-corrected chi connectivity index (χ4v) is 5.74. The van der Waals surface area contributed by atoms with Gasteiger partial charge in [-0.3, -0.25) is 9.69 Å². The minimum Gasteiger partial charge on any atom is -0.355 e. The normalized spacial score (nSPS) is 15.5. The van der Waals surface area contributed by atoms with Crippen molar-refractivity contribution < 1.29 is 13.2 Å². The molecule has 2 aromatic rings. The maximum Gasteiger partial charge on any atom is 0.243 e. The van der Waals surface area contributed by atoms with Crippen LogP contribution in [0.15, 0.2) is 23.1 Å². The fraction of sp³-hybridized carbons (Fsp3) is 0.667. The summed E-state index contributed by atoms with van der Waals surface area (Å²) < 4.78 is 29.4. The van der Waals surface area contributed by atoms with E-state index in [-0.39, 0.29) is 10.8 Å². The number of sulfonamides is 1. The van der Waals surface area contributed by atoms with Gasteiger partial charge in [0.2, 0.25) is 15.9 Å². The van der Waals surface area contributed by atoms with Gasteiger partial charge in [-0.05, 0) is 51.4 Å². The average molecular weight is 478 g/mol. The first kappa shape index (κ1) is 25.6. The summed E-state index contributed by atoms with van der Waals surface area (Å²) in [7, 11) is -1.42. The van der Waals surface area contributed by atoms with Crippen molar-refractivity contribution in [2.75, 3.05) is 26.7 Å². The minimum absolute atomic E-state index is 0.0194. The van der Waals surface area contributed by atoms with E-state index in [2.05, 4.69) is 35.7 Å². The summed E-state index contributed by atoms with van der Waals surface area (Å²) in [4.78, 5) is 19.8. The maximum absolute atomic E-state index is 12.9. The zero-order chi connectivity index (χ0) is 24.2. The second kappa shape index (κ2) is 11.0. The predicted octanol–water partition coefficient (Wildman–Crippen LogP) is 3.01. The Morgan fingerprint density at radius 3 is 2.55 bits per heavy atom. The van der Waals surface area contributed by atoms with Crippen molar-refractivity contribution in [2.24, 2.45) is 0 Å². The number of carbonyl (C=O) groups excluding carboxylic acids is 1. The number of aromatic nitrogens is 2. The first-order chi connectivity index (χ1) is 15.7. The minimum atomic E-state index is -3.54. The van der Waals surface area contributed by atoms with Crippen LogP contribution in [-0.4, -0.2) is 71.8 Å². The van der Waals surface area contributed by atoms with Crippen LogP contribution in [0.4, 0.5) is 0 Å². The van der Waals surface area contributed by atoms with Gasteiger partial charge in [0.15, 0.2) is 0 Å². The molecule has 1 amide bonds. The van der Waals surface area contributed by atoms with E-state index in [1.54, 1.807) is 12.1 Å². The van der Waals surface area contributed by atoms with Crippen LogP contribution in [0.2, 0.25) is 0 Å². The quantitative estimate of drug-likeness (QED) is 0.479. The molecule has 1 aliphatic carbocycles. The van der Waals surface area contributed by atoms with Crippen molar-refractivity contribution in [1.29, 1.82) is 0 Å². The third kappa shape index (κ3) is 5.94. The van der Waals surface area contributed by atoms with E-state index in [1.165, 1.54) is 17.1 Å². The van der Waals surface area contributed by atoms with Gasteiger partial charge in [0.25, 0.3) is 0 Å². The number of nitrogens with zero attached hydrogens (tertiary/aromatic N) is 4. The summed E-state index contributed by atoms with van der Waals surface area (Å²) >= 11 is 0. The largest absolute Gasteiger partial charge is 0.355 e. The number of hydrogen-bond donors (Lipinski definition) is 1. The summed E-state index contributed by atoms with van der Waals surface area (Å²) in [6.07, 6.45) is 4.30. The van der Waals surface area contributed by atoms with Crippen LogP contribution in [0.25, 0.3) is 11.0 Å². The highest BCUT2D eigenvalue weighted by atomic mass is 32.2. The lowest BCUT2D eigenvalue weighted by Crippen LogP contribution is -2.41. The predicted molar refractivity (Wildman–Crippen MR) is 132 cm³/mol. The van der Waals surface area contributed by atoms with Gasteiger partial charge >= 0.3 is 0 Å². The van der Waals surface area contributed by atoms with E-state index in [0.717, 1.165) is 24.3 Å². The highest BCUT2D eigenvalue weighted by Gasteiger charge is 2.29. The highest BCUT2D eigenvalue weighted by Crippen LogP contribution is 2.27. The fourth-order valence-electron chi connectivity index (χ4n) is 4.26. The van der Waals surface area contributed by atoms with Crippen LogP contribution in [-0.2, 0) is 27.8 Å². The molecule has 1 aliphatic rings. The van der Waals surface area contributed by atoms with Gasteiger partial charge in [-0.25, -0.2) is 13.4 Å². The Balaban J connectivity index is 1.72. The monoisotopic (exact) mass is 477 g/mol. The maximum atomic E-state index is 12.9. The zero-order valence-corrected chi connectivity index (χ0v) is 21.5. The number of carbonyl (C=O) groups is 1. The molecule has 1 aromatic carbocycles. The number of aryl methyl sites for hydroxylation is 2. The molecular weight excluding hydrogens is 438 g/mol. The Kier molecular flexibility index (Phi) is 8.53. The van der Waals surface area contributed by atoms with Gasteiger partial charge < -0.3 is 9.88 Å². The SMILES string of the molecule is CCCn1c(CCC(=O)NCC(C)N(C)C2CC2)nc2cc(S(=O)(=O)N(CC)CC)ccc21. The van der Waals surface area contributed by atoms with Gasteiger partial charge in [0.1, 0.15) is 5.82 Å². The Bertz CT molecular complexity index is 1060. The molecule has 3 rings (SSSR count). The molecule has 1 unspecified atom stereocenters. The summed E-state index contributed by atoms with van der Waals surface area (Å²) in [5.74, 6) is 0.841. The van der Waals surface area contributed by atoms with Crippen LogP contribution in [0.1, 0.15) is 59.2 Å². The Morgan fingerprint density at radius 1 is 1.24 bits per heavy atom. The molecule has 1 fully saturated rings. The summed E-state index contributed by atoms with van der Waals surface area (Å²) in [5, 5.41) is 3.05. The van der Waals surface area contributed by atoms with E-state index in [4.69, 9.17) is 4.98 Å². The zero-order valence-electron chi connectivity index (χ0n) is 20.7. The first-order valence-electron chi connectivity index (χ1n) is 12.2. The summed E-state index contributed by atoms with van der Waals surface area (Å²) in [6, 6.07) is 6.15. The van der Waals surface area contributed by atoms with E-state index in [1.807, 2.05) is 19.9 Å². The van der Waals surface area contributed by atoms with Crippen LogP contribution in [0.5, 0.6) is 0 Å². The number of likely N-dealkylation sites (N-methyl/N-ethyl adjacent to an activating group) is 1. The Labute approximate surface area is 198 Å². The molecule has 0 aliphatic heterocycles. The number of amides is 1. The summed E-state index contributed by atoms with van der Waals surface area (Å²) in [6.45, 7) is 10.2. The topological polar surface area (TPSA) is 87.5 Å². The molecule has 1 saturated carbocycles. The summed E-state index contributed by atoms with van der Waals surface area (Å²) in [5.41, 5.74) is 1.57. The van der Waals surface area contributed by atoms with Crippen molar-refractivity contribution in [2.45, 2.75) is 83.3 Å². The molecule has 1 aromatic heterocycles. The molecular formula is C24H39N5O3S. The van der Waals surface area contributed by atoms with Crippen molar-refractivity contribution in [3.63, 3.8) is 0 Å². The molecule has 9 heteroatoms. The van der Waals surface area contributed by atoms with Crippen LogP contribution < -0.4 is 5.32 Å². The van der Waals surface area contributed by atoms with Crippen molar-refractivity contribution in [1.82, 2.24) is 24.1 Å². The third-order valence-corrected chi connectivity index (χ3v) is 8.62. The molecule has 184 valence electrons. The van der Waals surface area contributed by atoms with Crippen LogP contribution >= 0.6 is 0 Å². The Hall–Kier alpha value is -1.97. The second-order valence-electron chi connectivity index (χ2n) is 8.97. The van der Waals surface area contributed by atoms with E-state index in [9.17, 15) is 13.2 Å². The third-order valence-electron chi connectivity index (χ3n) is 6.58. The van der Waals surface area contributed by atoms with Crippen molar-refractivity contribution >= 4 is 27.0 Å². The lowest BCUT2D eigenvalue weighted by molar-refractivity contribution is -0.121. The van der Waals surface area contributed by atoms with E-state index >= 15 is 0 Å². The molecule has 8 nitrogen and oxygen atoms in total. The molecule has 33 heavy (non-hydrogen) atoms. The van der Waals surface area contributed by atoms with Crippen molar-refractivity contribution in [3.8, 4) is 0 Å². The second-order valence-corrected chi connectivity index (χ2v) is 10.9. The molecule has 1 atom stereocenters. The number of rotatable bonds is 13. The van der Waals surface area contributed by atoms with Gasteiger partial charge in [-0.1, -0.05) is 20.8 Å². The number of nitrogens with one attached hydrogen (secondary N) is 1. The highest BCUT2D eigenvalue weighted by molar-refractivity contribution is 7.89. The molecule has 0 bridgehead atoms. The molecule has 0 saturated heterocycles. The number of hydrogen-bond acceptors (Lipinski definition) is 5. The molecule has 1 N–H and O–H groups in total. The lowest BCUT2D eigenvalue weighted by Gasteiger charge is -2.24. The lowest BCUT2D eigenvalue weighted by atomic mass is 10.2. The standard InChI is InChI=1S/C24H39N5O3S/c1-6-15-29-22-12-11-20(33(31,32)28(7-2)8-3)16-21(22)26-23(29)13-14-24(30)25-17-18(4)27(5)19-9-10-19/h11-12,16,18-19H,6-10,13-15,17H2,1-5H3,(H,25,30). The molecule has 0 radical (unpaired) electrons. The van der Waals surface area contributed by atoms with Crippen LogP contribution in [0.3, 0.4) is 0 Å². The van der Waals surface area contributed by atoms with Gasteiger partial charge in [0, 0.05) is 51.1 Å². The number of imidazole rings is 1. The number of benzene rings is 1. The molecule has 1 heterocycles. The smallest absolute Gasteiger partial charge is 0.243 e. The van der Waals surface area contributed by atoms with E-state index in [0.29, 0.717) is 50.1 Å². The number of fused-ring (bicyclic) bond motifs is 1. The van der Waals surface area contributed by atoms with Crippen LogP contribution in [0, 0.1) is 0 Å².